The van der Waals surface area contributed by atoms with E-state index in [-0.39, 0.29) is 12.5 Å². The lowest BCUT2D eigenvalue weighted by molar-refractivity contribution is -0.123. The third kappa shape index (κ3) is 4.19. The summed E-state index contributed by atoms with van der Waals surface area (Å²) in [5.41, 5.74) is 0.811. The number of hydrogen-bond donors (Lipinski definition) is 1. The van der Waals surface area contributed by atoms with E-state index < -0.39 is 0 Å². The Morgan fingerprint density at radius 1 is 1.25 bits per heavy atom. The second kappa shape index (κ2) is 7.40. The van der Waals surface area contributed by atoms with E-state index in [1.54, 1.807) is 12.1 Å². The normalized spacial score (nSPS) is 10.5. The molecular weight excluding hydrogens is 310 g/mol. The van der Waals surface area contributed by atoms with Crippen LogP contribution in [0.2, 0.25) is 0 Å². The van der Waals surface area contributed by atoms with Crippen LogP contribution in [0.4, 0.5) is 0 Å². The molecule has 0 saturated heterocycles. The SMILES string of the molecule is Cc1ccc(CCNC(=O)COc2ccc(-n3cnnn3)cc2)o1. The molecule has 0 aliphatic rings. The molecule has 0 unspecified atom stereocenters. The number of furan rings is 1. The van der Waals surface area contributed by atoms with Gasteiger partial charge in [-0.1, -0.05) is 0 Å². The number of carbonyl (C=O) groups excluding carboxylic acids is 1. The van der Waals surface area contributed by atoms with Crippen molar-refractivity contribution in [2.45, 2.75) is 13.3 Å². The molecule has 24 heavy (non-hydrogen) atoms. The van der Waals surface area contributed by atoms with Crippen molar-refractivity contribution in [3.8, 4) is 11.4 Å². The van der Waals surface area contributed by atoms with Gasteiger partial charge in [-0.25, -0.2) is 4.68 Å². The predicted molar refractivity (Wildman–Crippen MR) is 84.8 cm³/mol. The lowest BCUT2D eigenvalue weighted by atomic mass is 10.3. The summed E-state index contributed by atoms with van der Waals surface area (Å²) in [4.78, 5) is 11.8. The Hall–Kier alpha value is -3.16. The van der Waals surface area contributed by atoms with Crippen LogP contribution in [-0.4, -0.2) is 39.3 Å². The van der Waals surface area contributed by atoms with Crippen LogP contribution in [0, 0.1) is 6.92 Å². The number of nitrogens with zero attached hydrogens (tertiary/aromatic N) is 4. The molecule has 1 aromatic carbocycles. The maximum Gasteiger partial charge on any atom is 0.257 e. The van der Waals surface area contributed by atoms with Crippen LogP contribution >= 0.6 is 0 Å². The summed E-state index contributed by atoms with van der Waals surface area (Å²) in [7, 11) is 0. The lowest BCUT2D eigenvalue weighted by Crippen LogP contribution is -2.30. The average molecular weight is 327 g/mol. The number of aromatic nitrogens is 4. The third-order valence-electron chi connectivity index (χ3n) is 3.31. The van der Waals surface area contributed by atoms with Gasteiger partial charge in [-0.05, 0) is 53.7 Å². The maximum absolute atomic E-state index is 11.8. The predicted octanol–water partition coefficient (Wildman–Crippen LogP) is 1.30. The van der Waals surface area contributed by atoms with Crippen molar-refractivity contribution >= 4 is 5.91 Å². The molecule has 0 saturated carbocycles. The van der Waals surface area contributed by atoms with Crippen LogP contribution in [0.1, 0.15) is 11.5 Å². The molecule has 8 heteroatoms. The van der Waals surface area contributed by atoms with E-state index in [0.717, 1.165) is 17.2 Å². The Morgan fingerprint density at radius 2 is 2.08 bits per heavy atom. The van der Waals surface area contributed by atoms with Crippen molar-refractivity contribution in [2.75, 3.05) is 13.2 Å². The van der Waals surface area contributed by atoms with Gasteiger partial charge in [0.05, 0.1) is 5.69 Å². The number of aryl methyl sites for hydroxylation is 1. The first-order valence-electron chi connectivity index (χ1n) is 7.49. The van der Waals surface area contributed by atoms with Gasteiger partial charge in [0, 0.05) is 13.0 Å². The summed E-state index contributed by atoms with van der Waals surface area (Å²) >= 11 is 0. The summed E-state index contributed by atoms with van der Waals surface area (Å²) in [5.74, 6) is 2.14. The highest BCUT2D eigenvalue weighted by Gasteiger charge is 2.05. The first-order chi connectivity index (χ1) is 11.7. The number of carbonyl (C=O) groups is 1. The molecule has 8 nitrogen and oxygen atoms in total. The van der Waals surface area contributed by atoms with Gasteiger partial charge in [0.25, 0.3) is 5.91 Å². The van der Waals surface area contributed by atoms with Gasteiger partial charge in [0.15, 0.2) is 6.61 Å². The van der Waals surface area contributed by atoms with Gasteiger partial charge >= 0.3 is 0 Å². The number of amides is 1. The highest BCUT2D eigenvalue weighted by molar-refractivity contribution is 5.77. The van der Waals surface area contributed by atoms with E-state index in [1.165, 1.54) is 11.0 Å². The van der Waals surface area contributed by atoms with Crippen molar-refractivity contribution in [1.82, 2.24) is 25.5 Å². The molecule has 1 N–H and O–H groups in total. The Labute approximate surface area is 138 Å². The van der Waals surface area contributed by atoms with Crippen LogP contribution in [0.25, 0.3) is 5.69 Å². The Balaban J connectivity index is 1.41. The zero-order valence-corrected chi connectivity index (χ0v) is 13.2. The fourth-order valence-corrected chi connectivity index (χ4v) is 2.12. The zero-order chi connectivity index (χ0) is 16.8. The van der Waals surface area contributed by atoms with Gasteiger partial charge in [-0.15, -0.1) is 5.10 Å². The van der Waals surface area contributed by atoms with Crippen LogP contribution in [0.5, 0.6) is 5.75 Å². The standard InChI is InChI=1S/C16H17N5O3/c1-12-2-5-15(24-12)8-9-17-16(22)10-23-14-6-3-13(4-7-14)21-11-18-19-20-21/h2-7,11H,8-10H2,1H3,(H,17,22). The molecule has 0 spiro atoms. The van der Waals surface area contributed by atoms with Crippen molar-refractivity contribution in [2.24, 2.45) is 0 Å². The molecule has 1 amide bonds. The number of rotatable bonds is 7. The smallest absolute Gasteiger partial charge is 0.257 e. The van der Waals surface area contributed by atoms with Gasteiger partial charge in [0.2, 0.25) is 0 Å². The molecule has 2 aromatic heterocycles. The van der Waals surface area contributed by atoms with Crippen LogP contribution in [-0.2, 0) is 11.2 Å². The second-order valence-corrected chi connectivity index (χ2v) is 5.15. The van der Waals surface area contributed by atoms with E-state index in [4.69, 9.17) is 9.15 Å². The van der Waals surface area contributed by atoms with Gasteiger partial charge in [-0.3, -0.25) is 4.79 Å². The number of ether oxygens (including phenoxy) is 1. The molecule has 0 bridgehead atoms. The molecule has 0 aliphatic heterocycles. The summed E-state index contributed by atoms with van der Waals surface area (Å²) in [5, 5.41) is 13.7. The molecule has 124 valence electrons. The monoisotopic (exact) mass is 327 g/mol. The molecule has 0 radical (unpaired) electrons. The van der Waals surface area contributed by atoms with Gasteiger partial charge < -0.3 is 14.5 Å². The summed E-state index contributed by atoms with van der Waals surface area (Å²) in [6, 6.07) is 10.9. The third-order valence-corrected chi connectivity index (χ3v) is 3.31. The second-order valence-electron chi connectivity index (χ2n) is 5.15. The van der Waals surface area contributed by atoms with Crippen molar-refractivity contribution < 1.29 is 13.9 Å². The molecule has 3 aromatic rings. The Morgan fingerprint density at radius 3 is 2.75 bits per heavy atom. The topological polar surface area (TPSA) is 95.1 Å². The molecule has 0 atom stereocenters. The number of benzene rings is 1. The molecule has 0 aliphatic carbocycles. The summed E-state index contributed by atoms with van der Waals surface area (Å²) in [6.45, 7) is 2.36. The highest BCUT2D eigenvalue weighted by Crippen LogP contribution is 2.14. The summed E-state index contributed by atoms with van der Waals surface area (Å²) < 4.78 is 12.4. The van der Waals surface area contributed by atoms with Gasteiger partial charge in [-0.2, -0.15) is 0 Å². The van der Waals surface area contributed by atoms with E-state index >= 15 is 0 Å². The Bertz CT molecular complexity index is 780. The summed E-state index contributed by atoms with van der Waals surface area (Å²) in [6.07, 6.45) is 2.16. The van der Waals surface area contributed by atoms with Crippen molar-refractivity contribution in [3.63, 3.8) is 0 Å². The average Bonchev–Trinajstić information content (AvgIpc) is 3.25. The minimum atomic E-state index is -0.178. The zero-order valence-electron chi connectivity index (χ0n) is 13.2. The first kappa shape index (κ1) is 15.7. The maximum atomic E-state index is 11.8. The number of tetrazole rings is 1. The van der Waals surface area contributed by atoms with E-state index in [1.807, 2.05) is 31.2 Å². The fraction of sp³-hybridized carbons (Fsp3) is 0.250. The molecule has 2 heterocycles. The minimum Gasteiger partial charge on any atom is -0.484 e. The molecular formula is C16H17N5O3. The van der Waals surface area contributed by atoms with Crippen molar-refractivity contribution in [3.05, 3.63) is 54.2 Å². The Kier molecular flexibility index (Phi) is 4.85. The van der Waals surface area contributed by atoms with Crippen LogP contribution in [0.15, 0.2) is 47.1 Å². The molecule has 3 rings (SSSR count). The minimum absolute atomic E-state index is 0.0403. The van der Waals surface area contributed by atoms with E-state index in [2.05, 4.69) is 20.8 Å². The first-order valence-corrected chi connectivity index (χ1v) is 7.49. The van der Waals surface area contributed by atoms with Gasteiger partial charge in [0.1, 0.15) is 23.6 Å². The number of hydrogen-bond acceptors (Lipinski definition) is 6. The highest BCUT2D eigenvalue weighted by atomic mass is 16.5. The lowest BCUT2D eigenvalue weighted by Gasteiger charge is -2.07. The van der Waals surface area contributed by atoms with E-state index in [9.17, 15) is 4.79 Å². The molecule has 0 fully saturated rings. The van der Waals surface area contributed by atoms with Crippen molar-refractivity contribution in [1.29, 1.82) is 0 Å². The van der Waals surface area contributed by atoms with E-state index in [0.29, 0.717) is 18.7 Å². The van der Waals surface area contributed by atoms with Crippen LogP contribution < -0.4 is 10.1 Å². The number of nitrogens with one attached hydrogen (secondary N) is 1. The largest absolute Gasteiger partial charge is 0.484 e. The fourth-order valence-electron chi connectivity index (χ4n) is 2.12. The van der Waals surface area contributed by atoms with Crippen LogP contribution in [0.3, 0.4) is 0 Å². The quantitative estimate of drug-likeness (QED) is 0.703.